The molecule has 0 saturated carbocycles. The average Bonchev–Trinajstić information content (AvgIpc) is 3.21. The molecule has 6 nitrogen and oxygen atoms in total. The van der Waals surface area contributed by atoms with Crippen molar-refractivity contribution in [1.29, 1.82) is 0 Å². The molecule has 1 atom stereocenters. The molecule has 0 aliphatic carbocycles. The van der Waals surface area contributed by atoms with E-state index in [-0.39, 0.29) is 30.2 Å². The number of benzene rings is 1. The van der Waals surface area contributed by atoms with Crippen LogP contribution in [0.25, 0.3) is 0 Å². The van der Waals surface area contributed by atoms with E-state index in [1.165, 1.54) is 12.3 Å². The Bertz CT molecular complexity index is 755. The van der Waals surface area contributed by atoms with Crippen LogP contribution in [0.5, 0.6) is 0 Å². The predicted molar refractivity (Wildman–Crippen MR) is 93.9 cm³/mol. The molecule has 1 N–H and O–H groups in total. The van der Waals surface area contributed by atoms with Gasteiger partial charge in [0.25, 0.3) is 5.91 Å². The molecule has 7 heteroatoms. The second-order valence-electron chi connectivity index (χ2n) is 6.29. The van der Waals surface area contributed by atoms with Crippen molar-refractivity contribution in [2.24, 2.45) is 0 Å². The molecule has 2 heterocycles. The van der Waals surface area contributed by atoms with Gasteiger partial charge in [-0.1, -0.05) is 18.2 Å². The van der Waals surface area contributed by atoms with E-state index >= 15 is 0 Å². The third kappa shape index (κ3) is 4.11. The fraction of sp³-hybridized carbons (Fsp3) is 0.368. The number of halogens is 1. The molecule has 1 saturated heterocycles. The van der Waals surface area contributed by atoms with E-state index in [0.717, 1.165) is 0 Å². The Hall–Kier alpha value is -2.67. The standard InChI is InChI=1S/C19H22FN3O3/c1-14(18(24)21-13-15-5-2-3-6-16(15)20)22-8-10-23(11-9-22)19(25)17-7-4-12-26-17/h2-7,12,14H,8-11,13H2,1H3,(H,21,24). The van der Waals surface area contributed by atoms with Gasteiger partial charge in [-0.2, -0.15) is 0 Å². The van der Waals surface area contributed by atoms with Gasteiger partial charge in [-0.25, -0.2) is 4.39 Å². The van der Waals surface area contributed by atoms with Crippen LogP contribution in [-0.4, -0.2) is 53.8 Å². The highest BCUT2D eigenvalue weighted by Gasteiger charge is 2.28. The Morgan fingerprint density at radius 3 is 2.54 bits per heavy atom. The first kappa shape index (κ1) is 18.1. The molecule has 2 amide bonds. The summed E-state index contributed by atoms with van der Waals surface area (Å²) in [7, 11) is 0. The first-order chi connectivity index (χ1) is 12.6. The van der Waals surface area contributed by atoms with E-state index in [9.17, 15) is 14.0 Å². The monoisotopic (exact) mass is 359 g/mol. The molecular weight excluding hydrogens is 337 g/mol. The number of amides is 2. The predicted octanol–water partition coefficient (Wildman–Crippen LogP) is 1.88. The quantitative estimate of drug-likeness (QED) is 0.885. The number of hydrogen-bond donors (Lipinski definition) is 1. The van der Waals surface area contributed by atoms with Crippen LogP contribution < -0.4 is 5.32 Å². The summed E-state index contributed by atoms with van der Waals surface area (Å²) >= 11 is 0. The number of hydrogen-bond acceptors (Lipinski definition) is 4. The van der Waals surface area contributed by atoms with E-state index < -0.39 is 0 Å². The lowest BCUT2D eigenvalue weighted by Crippen LogP contribution is -2.54. The van der Waals surface area contributed by atoms with Crippen molar-refractivity contribution in [3.8, 4) is 0 Å². The Kier molecular flexibility index (Phi) is 5.68. The third-order valence-electron chi connectivity index (χ3n) is 4.67. The SMILES string of the molecule is CC(C(=O)NCc1ccccc1F)N1CCN(C(=O)c2ccco2)CC1. The molecule has 1 aromatic heterocycles. The number of furan rings is 1. The zero-order chi connectivity index (χ0) is 18.5. The van der Waals surface area contributed by atoms with Gasteiger partial charge in [0.05, 0.1) is 12.3 Å². The summed E-state index contributed by atoms with van der Waals surface area (Å²) in [5, 5.41) is 2.78. The molecule has 1 unspecified atom stereocenters. The first-order valence-corrected chi connectivity index (χ1v) is 8.64. The number of nitrogens with zero attached hydrogens (tertiary/aromatic N) is 2. The molecule has 2 aromatic rings. The van der Waals surface area contributed by atoms with Gasteiger partial charge in [0.1, 0.15) is 5.82 Å². The number of rotatable bonds is 5. The molecule has 1 aromatic carbocycles. The largest absolute Gasteiger partial charge is 0.459 e. The van der Waals surface area contributed by atoms with E-state index in [2.05, 4.69) is 5.32 Å². The lowest BCUT2D eigenvalue weighted by atomic mass is 10.2. The first-order valence-electron chi connectivity index (χ1n) is 8.64. The molecule has 0 spiro atoms. The lowest BCUT2D eigenvalue weighted by molar-refractivity contribution is -0.126. The molecule has 3 rings (SSSR count). The van der Waals surface area contributed by atoms with Crippen molar-refractivity contribution < 1.29 is 18.4 Å². The average molecular weight is 359 g/mol. The lowest BCUT2D eigenvalue weighted by Gasteiger charge is -2.37. The molecule has 1 aliphatic rings. The van der Waals surface area contributed by atoms with Gasteiger partial charge >= 0.3 is 0 Å². The van der Waals surface area contributed by atoms with E-state index in [1.807, 2.05) is 11.8 Å². The fourth-order valence-corrected chi connectivity index (χ4v) is 3.01. The van der Waals surface area contributed by atoms with Gasteiger partial charge in [0.2, 0.25) is 5.91 Å². The highest BCUT2D eigenvalue weighted by atomic mass is 19.1. The highest BCUT2D eigenvalue weighted by Crippen LogP contribution is 2.12. The summed E-state index contributed by atoms with van der Waals surface area (Å²) in [5.41, 5.74) is 0.460. The Morgan fingerprint density at radius 1 is 1.15 bits per heavy atom. The second kappa shape index (κ2) is 8.14. The number of carbonyl (C=O) groups excluding carboxylic acids is 2. The van der Waals surface area contributed by atoms with Gasteiger partial charge in [-0.15, -0.1) is 0 Å². The molecule has 1 fully saturated rings. The van der Waals surface area contributed by atoms with Crippen molar-refractivity contribution in [2.75, 3.05) is 26.2 Å². The molecule has 0 radical (unpaired) electrons. The third-order valence-corrected chi connectivity index (χ3v) is 4.67. The topological polar surface area (TPSA) is 65.8 Å². The summed E-state index contributed by atoms with van der Waals surface area (Å²) in [5.74, 6) is -0.287. The molecule has 138 valence electrons. The highest BCUT2D eigenvalue weighted by molar-refractivity contribution is 5.91. The van der Waals surface area contributed by atoms with Gasteiger partial charge in [-0.05, 0) is 25.1 Å². The van der Waals surface area contributed by atoms with E-state index in [0.29, 0.717) is 37.5 Å². The van der Waals surface area contributed by atoms with Crippen molar-refractivity contribution in [3.63, 3.8) is 0 Å². The number of piperazine rings is 1. The second-order valence-corrected chi connectivity index (χ2v) is 6.29. The van der Waals surface area contributed by atoms with Gasteiger partial charge < -0.3 is 14.6 Å². The van der Waals surface area contributed by atoms with Crippen molar-refractivity contribution >= 4 is 11.8 Å². The summed E-state index contributed by atoms with van der Waals surface area (Å²) in [6.07, 6.45) is 1.48. The normalized spacial score (nSPS) is 16.3. The van der Waals surface area contributed by atoms with Crippen molar-refractivity contribution in [3.05, 3.63) is 59.8 Å². The van der Waals surface area contributed by atoms with Crippen LogP contribution in [0.1, 0.15) is 23.0 Å². The van der Waals surface area contributed by atoms with E-state index in [1.54, 1.807) is 35.2 Å². The minimum atomic E-state index is -0.345. The zero-order valence-electron chi connectivity index (χ0n) is 14.7. The number of carbonyl (C=O) groups is 2. The van der Waals surface area contributed by atoms with Crippen LogP contribution in [0, 0.1) is 5.82 Å². The van der Waals surface area contributed by atoms with Crippen LogP contribution in [0.3, 0.4) is 0 Å². The van der Waals surface area contributed by atoms with Gasteiger partial charge in [-0.3, -0.25) is 14.5 Å². The van der Waals surface area contributed by atoms with Crippen molar-refractivity contribution in [1.82, 2.24) is 15.1 Å². The van der Waals surface area contributed by atoms with Crippen LogP contribution in [0.15, 0.2) is 47.1 Å². The maximum atomic E-state index is 13.6. The van der Waals surface area contributed by atoms with Crippen LogP contribution >= 0.6 is 0 Å². The Morgan fingerprint density at radius 2 is 1.88 bits per heavy atom. The van der Waals surface area contributed by atoms with E-state index in [4.69, 9.17) is 4.42 Å². The summed E-state index contributed by atoms with van der Waals surface area (Å²) in [4.78, 5) is 28.4. The van der Waals surface area contributed by atoms with Crippen LogP contribution in [0.4, 0.5) is 4.39 Å². The van der Waals surface area contributed by atoms with Gasteiger partial charge in [0, 0.05) is 38.3 Å². The summed E-state index contributed by atoms with van der Waals surface area (Å²) in [6.45, 7) is 4.24. The smallest absolute Gasteiger partial charge is 0.289 e. The Balaban J connectivity index is 1.48. The Labute approximate surface area is 151 Å². The maximum Gasteiger partial charge on any atom is 0.289 e. The van der Waals surface area contributed by atoms with Crippen LogP contribution in [0.2, 0.25) is 0 Å². The van der Waals surface area contributed by atoms with Gasteiger partial charge in [0.15, 0.2) is 5.76 Å². The molecule has 26 heavy (non-hydrogen) atoms. The summed E-state index contributed by atoms with van der Waals surface area (Å²) < 4.78 is 18.8. The minimum Gasteiger partial charge on any atom is -0.459 e. The zero-order valence-corrected chi connectivity index (χ0v) is 14.7. The maximum absolute atomic E-state index is 13.6. The molecule has 1 aliphatic heterocycles. The molecular formula is C19H22FN3O3. The number of nitrogens with one attached hydrogen (secondary N) is 1. The molecule has 0 bridgehead atoms. The summed E-state index contributed by atoms with van der Waals surface area (Å²) in [6, 6.07) is 9.37. The van der Waals surface area contributed by atoms with Crippen LogP contribution in [-0.2, 0) is 11.3 Å². The fourth-order valence-electron chi connectivity index (χ4n) is 3.01. The van der Waals surface area contributed by atoms with Crippen molar-refractivity contribution in [2.45, 2.75) is 19.5 Å². The minimum absolute atomic E-state index is 0.133.